The van der Waals surface area contributed by atoms with E-state index < -0.39 is 5.97 Å². The van der Waals surface area contributed by atoms with Crippen molar-refractivity contribution in [3.8, 4) is 0 Å². The number of allylic oxidation sites excluding steroid dienone is 3. The standard InChI is InChI=1S/C5H8O2.C5H10.C3H8.2CH4/c1-2-3-4-5(6)7;1-3-5-4-2;1-3-2;;/h2-3H,4H2,1H3,(H,6,7);3,5H,4H2,1-2H3;3H2,1-2H3;2*1H4/b3-2-;5-3-;;;. The molecule has 0 heterocycles. The average molecular weight is 246 g/mol. The number of rotatable bonds is 3. The van der Waals surface area contributed by atoms with Gasteiger partial charge in [0.05, 0.1) is 6.42 Å². The summed E-state index contributed by atoms with van der Waals surface area (Å²) in [5.41, 5.74) is 0. The molecule has 0 bridgehead atoms. The lowest BCUT2D eigenvalue weighted by Gasteiger charge is -1.77. The van der Waals surface area contributed by atoms with E-state index in [1.165, 1.54) is 6.42 Å². The molecule has 0 aliphatic heterocycles. The van der Waals surface area contributed by atoms with Gasteiger partial charge in [0, 0.05) is 0 Å². The number of aliphatic carboxylic acids is 1. The van der Waals surface area contributed by atoms with Crippen LogP contribution in [0.3, 0.4) is 0 Å². The first-order valence-electron chi connectivity index (χ1n) is 5.54. The largest absolute Gasteiger partial charge is 0.481 e. The molecule has 2 nitrogen and oxygen atoms in total. The molecule has 0 rings (SSSR count). The zero-order valence-electron chi connectivity index (χ0n) is 10.8. The van der Waals surface area contributed by atoms with Crippen LogP contribution in [0.2, 0.25) is 0 Å². The average Bonchev–Trinajstić information content (AvgIpc) is 2.18. The monoisotopic (exact) mass is 246 g/mol. The molecule has 0 saturated heterocycles. The maximum atomic E-state index is 9.71. The lowest BCUT2D eigenvalue weighted by atomic mass is 10.4. The second kappa shape index (κ2) is 36.3. The maximum absolute atomic E-state index is 9.71. The lowest BCUT2D eigenvalue weighted by molar-refractivity contribution is -0.136. The molecular weight excluding hydrogens is 212 g/mol. The van der Waals surface area contributed by atoms with E-state index in [1.807, 2.05) is 6.92 Å². The molecule has 0 fully saturated rings. The summed E-state index contributed by atoms with van der Waals surface area (Å²) in [6.45, 7) is 10.2. The Hall–Kier alpha value is -1.05. The smallest absolute Gasteiger partial charge is 0.307 e. The summed E-state index contributed by atoms with van der Waals surface area (Å²) in [5, 5.41) is 7.99. The Kier molecular flexibility index (Phi) is 63.5. The highest BCUT2D eigenvalue weighted by atomic mass is 16.4. The molecule has 0 radical (unpaired) electrons. The molecule has 0 saturated carbocycles. The predicted octanol–water partition coefficient (Wildman–Crippen LogP) is 5.70. The van der Waals surface area contributed by atoms with Crippen LogP contribution in [0, 0.1) is 0 Å². The van der Waals surface area contributed by atoms with Gasteiger partial charge in [-0.1, -0.05) is 66.3 Å². The summed E-state index contributed by atoms with van der Waals surface area (Å²) in [4.78, 5) is 9.71. The van der Waals surface area contributed by atoms with Gasteiger partial charge in [0.25, 0.3) is 0 Å². The highest BCUT2D eigenvalue weighted by molar-refractivity contribution is 5.68. The number of carboxylic acids is 1. The van der Waals surface area contributed by atoms with E-state index in [1.54, 1.807) is 19.1 Å². The summed E-state index contributed by atoms with van der Waals surface area (Å²) in [6.07, 6.45) is 10.0. The fourth-order valence-corrected chi connectivity index (χ4v) is 0.454. The zero-order chi connectivity index (χ0) is 12.5. The molecule has 0 atom stereocenters. The summed E-state index contributed by atoms with van der Waals surface area (Å²) < 4.78 is 0. The van der Waals surface area contributed by atoms with Crippen molar-refractivity contribution in [3.63, 3.8) is 0 Å². The number of carbonyl (C=O) groups is 1. The third kappa shape index (κ3) is 102. The summed E-state index contributed by atoms with van der Waals surface area (Å²) in [6, 6.07) is 0. The van der Waals surface area contributed by atoms with Gasteiger partial charge in [0.15, 0.2) is 0 Å². The summed E-state index contributed by atoms with van der Waals surface area (Å²) in [7, 11) is 0. The van der Waals surface area contributed by atoms with Crippen LogP contribution >= 0.6 is 0 Å². The first-order chi connectivity index (χ1) is 7.10. The topological polar surface area (TPSA) is 37.3 Å². The Labute approximate surface area is 109 Å². The Bertz CT molecular complexity index is 158. The Morgan fingerprint density at radius 3 is 1.41 bits per heavy atom. The first-order valence-corrected chi connectivity index (χ1v) is 5.54. The first kappa shape index (κ1) is 29.7. The third-order valence-electron chi connectivity index (χ3n) is 1.000. The van der Waals surface area contributed by atoms with Crippen molar-refractivity contribution in [1.29, 1.82) is 0 Å². The molecule has 0 aliphatic carbocycles. The summed E-state index contributed by atoms with van der Waals surface area (Å²) >= 11 is 0. The van der Waals surface area contributed by atoms with Crippen molar-refractivity contribution < 1.29 is 9.90 Å². The van der Waals surface area contributed by atoms with Gasteiger partial charge in [-0.15, -0.1) is 0 Å². The zero-order valence-corrected chi connectivity index (χ0v) is 10.8. The van der Waals surface area contributed by atoms with Gasteiger partial charge in [0.2, 0.25) is 0 Å². The molecule has 0 amide bonds. The molecule has 0 aromatic carbocycles. The predicted molar refractivity (Wildman–Crippen MR) is 81.6 cm³/mol. The minimum atomic E-state index is -0.780. The Balaban J connectivity index is -0.0000000430. The highest BCUT2D eigenvalue weighted by Gasteiger charge is 1.85. The number of hydrogen-bond acceptors (Lipinski definition) is 1. The van der Waals surface area contributed by atoms with Crippen LogP contribution in [0.15, 0.2) is 24.3 Å². The maximum Gasteiger partial charge on any atom is 0.307 e. The molecule has 0 aliphatic rings. The van der Waals surface area contributed by atoms with E-state index in [0.717, 1.165) is 6.42 Å². The van der Waals surface area contributed by atoms with Gasteiger partial charge < -0.3 is 5.11 Å². The Morgan fingerprint density at radius 1 is 1.00 bits per heavy atom. The minimum Gasteiger partial charge on any atom is -0.481 e. The number of carboxylic acid groups (broad SMARTS) is 1. The molecule has 2 heteroatoms. The molecule has 0 spiro atoms. The van der Waals surface area contributed by atoms with Gasteiger partial charge in [-0.25, -0.2) is 0 Å². The van der Waals surface area contributed by atoms with Crippen molar-refractivity contribution in [2.24, 2.45) is 0 Å². The van der Waals surface area contributed by atoms with Crippen LogP contribution in [0.5, 0.6) is 0 Å². The molecular formula is C15H34O2. The summed E-state index contributed by atoms with van der Waals surface area (Å²) in [5.74, 6) is -0.780. The number of hydrogen-bond donors (Lipinski definition) is 1. The van der Waals surface area contributed by atoms with Crippen LogP contribution in [0.4, 0.5) is 0 Å². The van der Waals surface area contributed by atoms with Crippen LogP contribution < -0.4 is 0 Å². The normalized spacial score (nSPS) is 8.06. The van der Waals surface area contributed by atoms with Gasteiger partial charge in [-0.05, 0) is 20.3 Å². The fraction of sp³-hybridized carbons (Fsp3) is 0.667. The van der Waals surface area contributed by atoms with Crippen LogP contribution in [-0.4, -0.2) is 11.1 Å². The SMILES string of the molecule is C.C.C/C=C\CC.C/C=C\CC(=O)O.CCC. The minimum absolute atomic E-state index is 0. The molecule has 0 unspecified atom stereocenters. The third-order valence-corrected chi connectivity index (χ3v) is 1.000. The highest BCUT2D eigenvalue weighted by Crippen LogP contribution is 1.79. The van der Waals surface area contributed by atoms with Crippen molar-refractivity contribution in [2.45, 2.75) is 68.7 Å². The van der Waals surface area contributed by atoms with Crippen molar-refractivity contribution >= 4 is 5.97 Å². The van der Waals surface area contributed by atoms with Crippen LogP contribution in [-0.2, 0) is 4.79 Å². The van der Waals surface area contributed by atoms with E-state index in [4.69, 9.17) is 5.11 Å². The Morgan fingerprint density at radius 2 is 1.35 bits per heavy atom. The molecule has 17 heavy (non-hydrogen) atoms. The van der Waals surface area contributed by atoms with E-state index in [0.29, 0.717) is 0 Å². The molecule has 106 valence electrons. The van der Waals surface area contributed by atoms with E-state index in [-0.39, 0.29) is 21.3 Å². The molecule has 0 aromatic heterocycles. The molecule has 0 aromatic rings. The van der Waals surface area contributed by atoms with E-state index >= 15 is 0 Å². The van der Waals surface area contributed by atoms with Gasteiger partial charge in [0.1, 0.15) is 0 Å². The van der Waals surface area contributed by atoms with E-state index in [2.05, 4.69) is 32.9 Å². The van der Waals surface area contributed by atoms with Gasteiger partial charge >= 0.3 is 5.97 Å². The van der Waals surface area contributed by atoms with Gasteiger partial charge in [-0.2, -0.15) is 0 Å². The second-order valence-electron chi connectivity index (χ2n) is 2.85. The quantitative estimate of drug-likeness (QED) is 0.649. The van der Waals surface area contributed by atoms with E-state index in [9.17, 15) is 4.79 Å². The van der Waals surface area contributed by atoms with Crippen molar-refractivity contribution in [2.75, 3.05) is 0 Å². The fourth-order valence-electron chi connectivity index (χ4n) is 0.454. The molecule has 1 N–H and O–H groups in total. The van der Waals surface area contributed by atoms with Crippen LogP contribution in [0.25, 0.3) is 0 Å². The second-order valence-corrected chi connectivity index (χ2v) is 2.85. The van der Waals surface area contributed by atoms with Crippen LogP contribution in [0.1, 0.15) is 68.7 Å². The lowest BCUT2D eigenvalue weighted by Crippen LogP contribution is -1.88. The van der Waals surface area contributed by atoms with Gasteiger partial charge in [-0.3, -0.25) is 4.79 Å². The van der Waals surface area contributed by atoms with Crippen molar-refractivity contribution in [1.82, 2.24) is 0 Å². The van der Waals surface area contributed by atoms with Crippen molar-refractivity contribution in [3.05, 3.63) is 24.3 Å².